The number of amides is 3. The summed E-state index contributed by atoms with van der Waals surface area (Å²) in [5, 5.41) is 2.60. The van der Waals surface area contributed by atoms with E-state index in [0.717, 1.165) is 43.1 Å². The molecule has 1 aliphatic rings. The van der Waals surface area contributed by atoms with Gasteiger partial charge in [-0.2, -0.15) is 0 Å². The SMILES string of the molecule is Cc1ccc(CN(Cc2ccccc2)C(=O)CN(CCCN2CCOCC2)C(=O)Nc2ccc(F)c(F)c2)o1. The van der Waals surface area contributed by atoms with Gasteiger partial charge in [0.25, 0.3) is 0 Å². The summed E-state index contributed by atoms with van der Waals surface area (Å²) >= 11 is 0. The van der Waals surface area contributed by atoms with Crippen LogP contribution in [0.1, 0.15) is 23.5 Å². The van der Waals surface area contributed by atoms with Gasteiger partial charge in [-0.3, -0.25) is 9.69 Å². The van der Waals surface area contributed by atoms with Crippen molar-refractivity contribution in [1.29, 1.82) is 0 Å². The number of halogens is 2. The summed E-state index contributed by atoms with van der Waals surface area (Å²) in [4.78, 5) is 32.2. The molecule has 0 unspecified atom stereocenters. The van der Waals surface area contributed by atoms with Crippen molar-refractivity contribution < 1.29 is 27.5 Å². The second-order valence-corrected chi connectivity index (χ2v) is 9.54. The number of ether oxygens (including phenoxy) is 1. The van der Waals surface area contributed by atoms with Gasteiger partial charge in [-0.15, -0.1) is 0 Å². The predicted molar refractivity (Wildman–Crippen MR) is 143 cm³/mol. The van der Waals surface area contributed by atoms with Crippen molar-refractivity contribution in [3.05, 3.63) is 89.4 Å². The molecular formula is C29H34F2N4O4. The van der Waals surface area contributed by atoms with Gasteiger partial charge < -0.3 is 24.3 Å². The third kappa shape index (κ3) is 8.62. The molecule has 3 amide bonds. The fourth-order valence-corrected chi connectivity index (χ4v) is 4.40. The maximum Gasteiger partial charge on any atom is 0.322 e. The number of hydrogen-bond acceptors (Lipinski definition) is 5. The molecule has 39 heavy (non-hydrogen) atoms. The summed E-state index contributed by atoms with van der Waals surface area (Å²) < 4.78 is 38.2. The number of nitrogens with one attached hydrogen (secondary N) is 1. The fourth-order valence-electron chi connectivity index (χ4n) is 4.40. The van der Waals surface area contributed by atoms with Gasteiger partial charge in [0, 0.05) is 44.5 Å². The zero-order valence-electron chi connectivity index (χ0n) is 22.1. The Bertz CT molecular complexity index is 1230. The molecule has 8 nitrogen and oxygen atoms in total. The van der Waals surface area contributed by atoms with Gasteiger partial charge in [-0.25, -0.2) is 13.6 Å². The third-order valence-corrected chi connectivity index (χ3v) is 6.50. The molecule has 10 heteroatoms. The Hall–Kier alpha value is -3.76. The normalized spacial score (nSPS) is 13.7. The largest absolute Gasteiger partial charge is 0.464 e. The van der Waals surface area contributed by atoms with E-state index < -0.39 is 17.7 Å². The van der Waals surface area contributed by atoms with Crippen LogP contribution in [0.15, 0.2) is 65.1 Å². The Morgan fingerprint density at radius 3 is 2.41 bits per heavy atom. The average Bonchev–Trinajstić information content (AvgIpc) is 3.35. The lowest BCUT2D eigenvalue weighted by atomic mass is 10.2. The van der Waals surface area contributed by atoms with E-state index in [0.29, 0.717) is 38.5 Å². The van der Waals surface area contributed by atoms with Gasteiger partial charge in [0.2, 0.25) is 5.91 Å². The lowest BCUT2D eigenvalue weighted by Crippen LogP contribution is -2.45. The summed E-state index contributed by atoms with van der Waals surface area (Å²) in [7, 11) is 0. The fraction of sp³-hybridized carbons (Fsp3) is 0.379. The van der Waals surface area contributed by atoms with Crippen LogP contribution in [0.25, 0.3) is 0 Å². The minimum absolute atomic E-state index is 0.108. The number of carbonyl (C=O) groups is 2. The molecule has 0 radical (unpaired) electrons. The number of urea groups is 1. The molecule has 208 valence electrons. The van der Waals surface area contributed by atoms with Crippen LogP contribution in [-0.4, -0.2) is 72.6 Å². The second kappa shape index (κ2) is 13.9. The van der Waals surface area contributed by atoms with Crippen LogP contribution in [0.3, 0.4) is 0 Å². The van der Waals surface area contributed by atoms with Crippen molar-refractivity contribution in [2.45, 2.75) is 26.4 Å². The molecule has 1 aromatic heterocycles. The average molecular weight is 541 g/mol. The minimum Gasteiger partial charge on any atom is -0.464 e. The standard InChI is InChI=1S/C29H34F2N4O4/c1-22-8-10-25(39-22)20-35(19-23-6-3-2-4-7-23)28(36)21-34(13-5-12-33-14-16-38-17-15-33)29(37)32-24-9-11-26(30)27(31)18-24/h2-4,6-11,18H,5,12-17,19-21H2,1H3,(H,32,37). The van der Waals surface area contributed by atoms with E-state index >= 15 is 0 Å². The van der Waals surface area contributed by atoms with Gasteiger partial charge >= 0.3 is 6.03 Å². The van der Waals surface area contributed by atoms with Crippen LogP contribution >= 0.6 is 0 Å². The van der Waals surface area contributed by atoms with Gasteiger partial charge in [-0.05, 0) is 43.2 Å². The number of anilines is 1. The molecular weight excluding hydrogens is 506 g/mol. The maximum atomic E-state index is 13.7. The molecule has 2 aromatic carbocycles. The van der Waals surface area contributed by atoms with Crippen molar-refractivity contribution in [3.8, 4) is 0 Å². The van der Waals surface area contributed by atoms with E-state index in [4.69, 9.17) is 9.15 Å². The summed E-state index contributed by atoms with van der Waals surface area (Å²) in [6.07, 6.45) is 0.633. The molecule has 0 saturated carbocycles. The monoisotopic (exact) mass is 540 g/mol. The zero-order chi connectivity index (χ0) is 27.6. The molecule has 3 aromatic rings. The van der Waals surface area contributed by atoms with E-state index in [9.17, 15) is 18.4 Å². The molecule has 1 fully saturated rings. The first kappa shape index (κ1) is 28.3. The van der Waals surface area contributed by atoms with Crippen molar-refractivity contribution in [1.82, 2.24) is 14.7 Å². The van der Waals surface area contributed by atoms with Crippen molar-refractivity contribution in [2.24, 2.45) is 0 Å². The van der Waals surface area contributed by atoms with Crippen molar-refractivity contribution in [3.63, 3.8) is 0 Å². The first-order valence-electron chi connectivity index (χ1n) is 13.1. The molecule has 1 N–H and O–H groups in total. The number of furan rings is 1. The van der Waals surface area contributed by atoms with E-state index in [1.807, 2.05) is 49.4 Å². The predicted octanol–water partition coefficient (Wildman–Crippen LogP) is 4.65. The van der Waals surface area contributed by atoms with Gasteiger partial charge in [0.1, 0.15) is 18.1 Å². The highest BCUT2D eigenvalue weighted by Gasteiger charge is 2.23. The maximum absolute atomic E-state index is 13.7. The smallest absolute Gasteiger partial charge is 0.322 e. The number of benzene rings is 2. The van der Waals surface area contributed by atoms with Gasteiger partial charge in [0.15, 0.2) is 11.6 Å². The lowest BCUT2D eigenvalue weighted by Gasteiger charge is -2.30. The molecule has 0 spiro atoms. The quantitative estimate of drug-likeness (QED) is 0.383. The minimum atomic E-state index is -1.06. The van der Waals surface area contributed by atoms with Gasteiger partial charge in [-0.1, -0.05) is 30.3 Å². The first-order valence-corrected chi connectivity index (χ1v) is 13.1. The Morgan fingerprint density at radius 2 is 1.72 bits per heavy atom. The van der Waals surface area contributed by atoms with Crippen LogP contribution < -0.4 is 5.32 Å². The van der Waals surface area contributed by atoms with Crippen LogP contribution in [0.2, 0.25) is 0 Å². The number of rotatable bonds is 11. The third-order valence-electron chi connectivity index (χ3n) is 6.50. The Balaban J connectivity index is 1.48. The van der Waals surface area contributed by atoms with Crippen LogP contribution in [0.4, 0.5) is 19.3 Å². The number of carbonyl (C=O) groups excluding carboxylic acids is 2. The second-order valence-electron chi connectivity index (χ2n) is 9.54. The van der Waals surface area contributed by atoms with Crippen LogP contribution in [0.5, 0.6) is 0 Å². The van der Waals surface area contributed by atoms with Crippen molar-refractivity contribution in [2.75, 3.05) is 51.3 Å². The molecule has 0 aliphatic carbocycles. The summed E-state index contributed by atoms with van der Waals surface area (Å²) in [5.74, 6) is -0.949. The van der Waals surface area contributed by atoms with E-state index in [2.05, 4.69) is 10.2 Å². The summed E-state index contributed by atoms with van der Waals surface area (Å²) in [5.41, 5.74) is 1.05. The van der Waals surface area contributed by atoms with Crippen LogP contribution in [0, 0.1) is 18.6 Å². The number of nitrogens with zero attached hydrogens (tertiary/aromatic N) is 3. The summed E-state index contributed by atoms with van der Waals surface area (Å²) in [6, 6.07) is 15.8. The van der Waals surface area contributed by atoms with E-state index in [1.54, 1.807) is 4.90 Å². The molecule has 1 saturated heterocycles. The Kier molecular flexibility index (Phi) is 10.0. The van der Waals surface area contributed by atoms with Crippen molar-refractivity contribution >= 4 is 17.6 Å². The molecule has 0 atom stereocenters. The van der Waals surface area contributed by atoms with Gasteiger partial charge in [0.05, 0.1) is 19.8 Å². The highest BCUT2D eigenvalue weighted by molar-refractivity contribution is 5.92. The zero-order valence-corrected chi connectivity index (χ0v) is 22.1. The number of hydrogen-bond donors (Lipinski definition) is 1. The topological polar surface area (TPSA) is 78.3 Å². The Morgan fingerprint density at radius 1 is 0.949 bits per heavy atom. The van der Waals surface area contributed by atoms with Crippen LogP contribution in [-0.2, 0) is 22.6 Å². The first-order chi connectivity index (χ1) is 18.9. The lowest BCUT2D eigenvalue weighted by molar-refractivity contribution is -0.133. The molecule has 4 rings (SSSR count). The van der Waals surface area contributed by atoms with E-state index in [-0.39, 0.29) is 24.7 Å². The Labute approximate surface area is 227 Å². The summed E-state index contributed by atoms with van der Waals surface area (Å²) in [6.45, 7) is 6.24. The van der Waals surface area contributed by atoms with E-state index in [1.165, 1.54) is 11.0 Å². The molecule has 0 bridgehead atoms. The number of aryl methyl sites for hydroxylation is 1. The molecule has 1 aliphatic heterocycles. The highest BCUT2D eigenvalue weighted by atomic mass is 19.2. The molecule has 2 heterocycles. The highest BCUT2D eigenvalue weighted by Crippen LogP contribution is 2.16. The number of morpholine rings is 1.